The largest absolute Gasteiger partial charge is 0.494 e. The summed E-state index contributed by atoms with van der Waals surface area (Å²) in [6.07, 6.45) is 0.913. The Balaban J connectivity index is 1.78. The number of carbonyl (C=O) groups excluding carboxylic acids is 2. The number of amides is 2. The van der Waals surface area contributed by atoms with Crippen molar-refractivity contribution in [3.63, 3.8) is 0 Å². The van der Waals surface area contributed by atoms with Crippen LogP contribution in [0.1, 0.15) is 30.0 Å². The Hall–Kier alpha value is -3.86. The molecule has 2 amide bonds. The van der Waals surface area contributed by atoms with Crippen molar-refractivity contribution in [1.29, 1.82) is 0 Å². The van der Waals surface area contributed by atoms with Gasteiger partial charge in [-0.05, 0) is 67.3 Å². The molecule has 0 saturated heterocycles. The molecule has 0 atom stereocenters. The van der Waals surface area contributed by atoms with E-state index in [-0.39, 0.29) is 17.5 Å². The van der Waals surface area contributed by atoms with Crippen molar-refractivity contribution in [2.45, 2.75) is 27.2 Å². The second kappa shape index (κ2) is 9.10. The summed E-state index contributed by atoms with van der Waals surface area (Å²) in [5, 5.41) is 3.26. The number of anilines is 2. The highest BCUT2D eigenvalue weighted by Gasteiger charge is 2.40. The third kappa shape index (κ3) is 4.02. The fourth-order valence-corrected chi connectivity index (χ4v) is 3.68. The van der Waals surface area contributed by atoms with Crippen molar-refractivity contribution in [1.82, 2.24) is 0 Å². The molecule has 4 rings (SSSR count). The van der Waals surface area contributed by atoms with E-state index in [1.165, 1.54) is 4.90 Å². The average molecular weight is 427 g/mol. The summed E-state index contributed by atoms with van der Waals surface area (Å²) in [5.41, 5.74) is 4.76. The van der Waals surface area contributed by atoms with E-state index < -0.39 is 0 Å². The van der Waals surface area contributed by atoms with Crippen molar-refractivity contribution >= 4 is 28.8 Å². The number of imide groups is 1. The number of para-hydroxylation sites is 1. The molecule has 0 aliphatic carbocycles. The number of hydrogen-bond acceptors (Lipinski definition) is 4. The van der Waals surface area contributed by atoms with Gasteiger partial charge >= 0.3 is 0 Å². The number of rotatable bonds is 7. The zero-order chi connectivity index (χ0) is 22.7. The molecule has 0 radical (unpaired) electrons. The van der Waals surface area contributed by atoms with Crippen molar-refractivity contribution in [3.05, 3.63) is 95.2 Å². The van der Waals surface area contributed by atoms with E-state index in [0.29, 0.717) is 23.4 Å². The number of ether oxygens (including phenoxy) is 1. The summed E-state index contributed by atoms with van der Waals surface area (Å²) in [5.74, 6) is 0.0107. The van der Waals surface area contributed by atoms with Crippen LogP contribution in [0.2, 0.25) is 0 Å². The molecule has 0 aromatic heterocycles. The van der Waals surface area contributed by atoms with Crippen molar-refractivity contribution in [2.24, 2.45) is 0 Å². The average Bonchev–Trinajstić information content (AvgIpc) is 3.05. The first-order valence-electron chi connectivity index (χ1n) is 10.8. The topological polar surface area (TPSA) is 58.6 Å². The lowest BCUT2D eigenvalue weighted by atomic mass is 10.0. The highest BCUT2D eigenvalue weighted by Crippen LogP contribution is 2.35. The van der Waals surface area contributed by atoms with Crippen LogP contribution in [0, 0.1) is 13.8 Å². The second-order valence-electron chi connectivity index (χ2n) is 7.78. The van der Waals surface area contributed by atoms with Gasteiger partial charge < -0.3 is 10.1 Å². The van der Waals surface area contributed by atoms with Crippen LogP contribution in [0.4, 0.5) is 11.4 Å². The van der Waals surface area contributed by atoms with Crippen molar-refractivity contribution in [3.8, 4) is 5.75 Å². The highest BCUT2D eigenvalue weighted by atomic mass is 16.5. The Labute approximate surface area is 188 Å². The first kappa shape index (κ1) is 21.4. The van der Waals surface area contributed by atoms with Crippen LogP contribution in [-0.2, 0) is 9.59 Å². The van der Waals surface area contributed by atoms with E-state index in [9.17, 15) is 9.59 Å². The monoisotopic (exact) mass is 426 g/mol. The van der Waals surface area contributed by atoms with Gasteiger partial charge in [0.15, 0.2) is 0 Å². The van der Waals surface area contributed by atoms with Crippen LogP contribution in [0.25, 0.3) is 5.57 Å². The van der Waals surface area contributed by atoms with E-state index >= 15 is 0 Å². The molecule has 1 heterocycles. The van der Waals surface area contributed by atoms with Gasteiger partial charge in [0, 0.05) is 5.69 Å². The summed E-state index contributed by atoms with van der Waals surface area (Å²) in [4.78, 5) is 28.2. The van der Waals surface area contributed by atoms with Gasteiger partial charge in [-0.3, -0.25) is 9.59 Å². The van der Waals surface area contributed by atoms with Crippen LogP contribution in [0.5, 0.6) is 5.75 Å². The Morgan fingerprint density at radius 2 is 1.56 bits per heavy atom. The van der Waals surface area contributed by atoms with Gasteiger partial charge in [0.25, 0.3) is 11.8 Å². The molecule has 3 aromatic carbocycles. The number of aryl methyl sites for hydroxylation is 1. The molecule has 3 aromatic rings. The van der Waals surface area contributed by atoms with Crippen LogP contribution in [0.15, 0.2) is 78.5 Å². The second-order valence-corrected chi connectivity index (χ2v) is 7.78. The quantitative estimate of drug-likeness (QED) is 0.508. The molecule has 162 valence electrons. The minimum absolute atomic E-state index is 0.273. The predicted molar refractivity (Wildman–Crippen MR) is 128 cm³/mol. The summed E-state index contributed by atoms with van der Waals surface area (Å²) >= 11 is 0. The zero-order valence-corrected chi connectivity index (χ0v) is 18.5. The van der Waals surface area contributed by atoms with Gasteiger partial charge in [0.1, 0.15) is 11.4 Å². The van der Waals surface area contributed by atoms with E-state index in [2.05, 4.69) is 5.32 Å². The fraction of sp³-hybridized carbons (Fsp3) is 0.185. The molecule has 32 heavy (non-hydrogen) atoms. The van der Waals surface area contributed by atoms with E-state index in [0.717, 1.165) is 29.0 Å². The number of carbonyl (C=O) groups is 2. The zero-order valence-electron chi connectivity index (χ0n) is 18.5. The summed E-state index contributed by atoms with van der Waals surface area (Å²) in [6.45, 7) is 6.68. The van der Waals surface area contributed by atoms with Crippen LogP contribution >= 0.6 is 0 Å². The van der Waals surface area contributed by atoms with Gasteiger partial charge in [-0.2, -0.15) is 0 Å². The fourth-order valence-electron chi connectivity index (χ4n) is 3.68. The SMILES string of the molecule is CCCOc1ccc(C2=C(Nc3cccc(C)c3C)C(=O)N(c3ccccc3)C2=O)cc1. The maximum absolute atomic E-state index is 13.5. The minimum Gasteiger partial charge on any atom is -0.494 e. The molecule has 1 aliphatic rings. The molecule has 0 bridgehead atoms. The molecule has 5 nitrogen and oxygen atoms in total. The molecule has 5 heteroatoms. The highest BCUT2D eigenvalue weighted by molar-refractivity contribution is 6.46. The van der Waals surface area contributed by atoms with E-state index in [1.807, 2.05) is 81.4 Å². The maximum atomic E-state index is 13.5. The lowest BCUT2D eigenvalue weighted by molar-refractivity contribution is -0.120. The Bertz CT molecular complexity index is 1180. The van der Waals surface area contributed by atoms with Crippen molar-refractivity contribution in [2.75, 3.05) is 16.8 Å². The minimum atomic E-state index is -0.372. The van der Waals surface area contributed by atoms with Crippen LogP contribution in [-0.4, -0.2) is 18.4 Å². The van der Waals surface area contributed by atoms with E-state index in [1.54, 1.807) is 12.1 Å². The summed E-state index contributed by atoms with van der Waals surface area (Å²) < 4.78 is 5.67. The van der Waals surface area contributed by atoms with Gasteiger partial charge in [-0.25, -0.2) is 4.90 Å². The standard InChI is InChI=1S/C27H26N2O3/c1-4-17-32-22-15-13-20(14-16-22)24-25(28-23-12-8-9-18(2)19(23)3)27(31)29(26(24)30)21-10-6-5-7-11-21/h5-16,28H,4,17H2,1-3H3. The number of nitrogens with zero attached hydrogens (tertiary/aromatic N) is 1. The molecular formula is C27H26N2O3. The van der Waals surface area contributed by atoms with Gasteiger partial charge in [0.2, 0.25) is 0 Å². The molecule has 1 N–H and O–H groups in total. The van der Waals surface area contributed by atoms with Gasteiger partial charge in [0.05, 0.1) is 17.9 Å². The molecule has 0 unspecified atom stereocenters. The van der Waals surface area contributed by atoms with Crippen LogP contribution in [0.3, 0.4) is 0 Å². The smallest absolute Gasteiger partial charge is 0.282 e. The molecule has 0 spiro atoms. The van der Waals surface area contributed by atoms with Gasteiger partial charge in [-0.15, -0.1) is 0 Å². The molecule has 0 fully saturated rings. The Morgan fingerprint density at radius 1 is 0.844 bits per heavy atom. The number of benzene rings is 3. The summed E-state index contributed by atoms with van der Waals surface area (Å²) in [6, 6.07) is 22.2. The Morgan fingerprint density at radius 3 is 2.25 bits per heavy atom. The molecule has 0 saturated carbocycles. The van der Waals surface area contributed by atoms with Crippen LogP contribution < -0.4 is 15.0 Å². The van der Waals surface area contributed by atoms with Crippen molar-refractivity contribution < 1.29 is 14.3 Å². The lowest BCUT2D eigenvalue weighted by Gasteiger charge is -2.16. The molecule has 1 aliphatic heterocycles. The lowest BCUT2D eigenvalue weighted by Crippen LogP contribution is -2.32. The maximum Gasteiger partial charge on any atom is 0.282 e. The summed E-state index contributed by atoms with van der Waals surface area (Å²) in [7, 11) is 0. The number of nitrogens with one attached hydrogen (secondary N) is 1. The first-order chi connectivity index (χ1) is 15.5. The van der Waals surface area contributed by atoms with Gasteiger partial charge in [-0.1, -0.05) is 49.4 Å². The Kier molecular flexibility index (Phi) is 6.08. The third-order valence-corrected chi connectivity index (χ3v) is 5.58. The van der Waals surface area contributed by atoms with E-state index in [4.69, 9.17) is 4.74 Å². The normalized spacial score (nSPS) is 13.7. The molecular weight excluding hydrogens is 400 g/mol. The first-order valence-corrected chi connectivity index (χ1v) is 10.8. The third-order valence-electron chi connectivity index (χ3n) is 5.58. The number of hydrogen-bond donors (Lipinski definition) is 1. The predicted octanol–water partition coefficient (Wildman–Crippen LogP) is 5.49.